The molecule has 0 radical (unpaired) electrons. The lowest BCUT2D eigenvalue weighted by Gasteiger charge is -2.20. The van der Waals surface area contributed by atoms with Gasteiger partial charge in [-0.2, -0.15) is 0 Å². The van der Waals surface area contributed by atoms with Gasteiger partial charge in [-0.25, -0.2) is 9.59 Å². The van der Waals surface area contributed by atoms with E-state index >= 15 is 0 Å². The molecule has 0 saturated carbocycles. The summed E-state index contributed by atoms with van der Waals surface area (Å²) in [5, 5.41) is 11.7. The SMILES string of the molecule is CCN(CC(N)=O)C(=O)Nc1cc(Cl)ccc1C(=O)O. The number of halogens is 1. The van der Waals surface area contributed by atoms with Crippen molar-refractivity contribution in [3.8, 4) is 0 Å². The second-order valence-electron chi connectivity index (χ2n) is 3.91. The predicted octanol–water partition coefficient (Wildman–Crippen LogP) is 1.38. The molecule has 0 saturated heterocycles. The summed E-state index contributed by atoms with van der Waals surface area (Å²) < 4.78 is 0. The number of primary amides is 1. The molecule has 108 valence electrons. The van der Waals surface area contributed by atoms with E-state index in [-0.39, 0.29) is 29.4 Å². The lowest BCUT2D eigenvalue weighted by Crippen LogP contribution is -2.41. The normalized spacial score (nSPS) is 9.90. The van der Waals surface area contributed by atoms with Crippen LogP contribution in [0.2, 0.25) is 5.02 Å². The standard InChI is InChI=1S/C12H14ClN3O4/c1-2-16(6-10(14)17)12(20)15-9-5-7(13)3-4-8(9)11(18)19/h3-5H,2,6H2,1H3,(H2,14,17)(H,15,20)(H,18,19). The van der Waals surface area contributed by atoms with E-state index in [9.17, 15) is 14.4 Å². The van der Waals surface area contributed by atoms with Gasteiger partial charge in [0.15, 0.2) is 0 Å². The van der Waals surface area contributed by atoms with Crippen LogP contribution < -0.4 is 11.1 Å². The highest BCUT2D eigenvalue weighted by molar-refractivity contribution is 6.31. The number of anilines is 1. The van der Waals surface area contributed by atoms with Crippen LogP contribution in [0.5, 0.6) is 0 Å². The minimum atomic E-state index is -1.20. The van der Waals surface area contributed by atoms with Crippen LogP contribution in [0.3, 0.4) is 0 Å². The zero-order valence-corrected chi connectivity index (χ0v) is 11.5. The van der Waals surface area contributed by atoms with Crippen LogP contribution in [-0.4, -0.2) is 41.0 Å². The quantitative estimate of drug-likeness (QED) is 0.762. The van der Waals surface area contributed by atoms with Gasteiger partial charge >= 0.3 is 12.0 Å². The molecule has 20 heavy (non-hydrogen) atoms. The molecule has 0 bridgehead atoms. The largest absolute Gasteiger partial charge is 0.478 e. The van der Waals surface area contributed by atoms with Gasteiger partial charge in [-0.05, 0) is 25.1 Å². The molecule has 1 rings (SSSR count). The van der Waals surface area contributed by atoms with Crippen molar-refractivity contribution in [2.75, 3.05) is 18.4 Å². The number of hydrogen-bond donors (Lipinski definition) is 3. The molecule has 0 fully saturated rings. The number of carboxylic acids is 1. The van der Waals surface area contributed by atoms with Crippen molar-refractivity contribution >= 4 is 35.2 Å². The number of amides is 3. The number of hydrogen-bond acceptors (Lipinski definition) is 3. The Morgan fingerprint density at radius 3 is 2.55 bits per heavy atom. The number of nitrogens with zero attached hydrogens (tertiary/aromatic N) is 1. The van der Waals surface area contributed by atoms with Crippen LogP contribution >= 0.6 is 11.6 Å². The van der Waals surface area contributed by atoms with Crippen molar-refractivity contribution in [2.45, 2.75) is 6.92 Å². The summed E-state index contributed by atoms with van der Waals surface area (Å²) in [5.41, 5.74) is 4.98. The van der Waals surface area contributed by atoms with Gasteiger partial charge in [-0.3, -0.25) is 4.79 Å². The molecule has 1 aromatic carbocycles. The number of rotatable bonds is 5. The number of carboxylic acid groups (broad SMARTS) is 1. The monoisotopic (exact) mass is 299 g/mol. The van der Waals surface area contributed by atoms with E-state index in [2.05, 4.69) is 5.32 Å². The molecule has 0 atom stereocenters. The molecule has 0 heterocycles. The topological polar surface area (TPSA) is 113 Å². The summed E-state index contributed by atoms with van der Waals surface area (Å²) in [6.45, 7) is 1.65. The molecule has 8 heteroatoms. The summed E-state index contributed by atoms with van der Waals surface area (Å²) in [6, 6.07) is 3.38. The van der Waals surface area contributed by atoms with Gasteiger partial charge in [0, 0.05) is 11.6 Å². The van der Waals surface area contributed by atoms with Crippen molar-refractivity contribution in [2.24, 2.45) is 5.73 Å². The van der Waals surface area contributed by atoms with Crippen molar-refractivity contribution in [3.63, 3.8) is 0 Å². The maximum atomic E-state index is 11.9. The number of urea groups is 1. The van der Waals surface area contributed by atoms with Crippen LogP contribution in [0.25, 0.3) is 0 Å². The average Bonchev–Trinajstić information content (AvgIpc) is 2.35. The Kier molecular flexibility index (Phi) is 5.33. The first-order valence-corrected chi connectivity index (χ1v) is 6.10. The van der Waals surface area contributed by atoms with Crippen molar-refractivity contribution in [3.05, 3.63) is 28.8 Å². The molecule has 0 aliphatic heterocycles. The second-order valence-corrected chi connectivity index (χ2v) is 4.34. The number of carbonyl (C=O) groups excluding carboxylic acids is 2. The summed E-state index contributed by atoms with van der Waals surface area (Å²) in [7, 11) is 0. The summed E-state index contributed by atoms with van der Waals surface area (Å²) in [6.07, 6.45) is 0. The molecule has 3 amide bonds. The Balaban J connectivity index is 2.96. The fourth-order valence-electron chi connectivity index (χ4n) is 1.52. The molecule has 0 unspecified atom stereocenters. The van der Waals surface area contributed by atoms with E-state index in [4.69, 9.17) is 22.4 Å². The fourth-order valence-corrected chi connectivity index (χ4v) is 1.69. The Morgan fingerprint density at radius 1 is 1.40 bits per heavy atom. The number of likely N-dealkylation sites (N-methyl/N-ethyl adjacent to an activating group) is 1. The molecule has 7 nitrogen and oxygen atoms in total. The van der Waals surface area contributed by atoms with E-state index < -0.39 is 17.9 Å². The first-order chi connectivity index (χ1) is 9.35. The highest BCUT2D eigenvalue weighted by Gasteiger charge is 2.17. The Morgan fingerprint density at radius 2 is 2.05 bits per heavy atom. The zero-order valence-electron chi connectivity index (χ0n) is 10.7. The maximum Gasteiger partial charge on any atom is 0.337 e. The third kappa shape index (κ3) is 4.13. The summed E-state index contributed by atoms with van der Waals surface area (Å²) in [5.74, 6) is -1.86. The van der Waals surface area contributed by atoms with Gasteiger partial charge in [-0.1, -0.05) is 11.6 Å². The number of nitrogens with two attached hydrogens (primary N) is 1. The Bertz CT molecular complexity index is 548. The molecular formula is C12H14ClN3O4. The molecule has 0 aromatic heterocycles. The number of carbonyl (C=O) groups is 3. The van der Waals surface area contributed by atoms with Crippen LogP contribution in [0.4, 0.5) is 10.5 Å². The Labute approximate surface area is 120 Å². The minimum absolute atomic E-state index is 0.0536. The highest BCUT2D eigenvalue weighted by atomic mass is 35.5. The van der Waals surface area contributed by atoms with Gasteiger partial charge in [0.05, 0.1) is 11.3 Å². The third-order valence-electron chi connectivity index (χ3n) is 2.47. The highest BCUT2D eigenvalue weighted by Crippen LogP contribution is 2.21. The second kappa shape index (κ2) is 6.76. The average molecular weight is 300 g/mol. The molecule has 0 aliphatic carbocycles. The van der Waals surface area contributed by atoms with Crippen LogP contribution in [0.15, 0.2) is 18.2 Å². The predicted molar refractivity (Wildman–Crippen MR) is 73.9 cm³/mol. The van der Waals surface area contributed by atoms with E-state index in [1.165, 1.54) is 18.2 Å². The van der Waals surface area contributed by atoms with Gasteiger partial charge in [0.2, 0.25) is 5.91 Å². The zero-order chi connectivity index (χ0) is 15.3. The summed E-state index contributed by atoms with van der Waals surface area (Å²) >= 11 is 5.77. The molecule has 0 spiro atoms. The van der Waals surface area contributed by atoms with E-state index in [1.807, 2.05) is 0 Å². The molecule has 4 N–H and O–H groups in total. The smallest absolute Gasteiger partial charge is 0.337 e. The minimum Gasteiger partial charge on any atom is -0.478 e. The van der Waals surface area contributed by atoms with Crippen molar-refractivity contribution in [1.29, 1.82) is 0 Å². The maximum absolute atomic E-state index is 11.9. The number of nitrogens with one attached hydrogen (secondary N) is 1. The molecule has 1 aromatic rings. The van der Waals surface area contributed by atoms with Gasteiger partial charge in [0.25, 0.3) is 0 Å². The first-order valence-electron chi connectivity index (χ1n) is 5.72. The third-order valence-corrected chi connectivity index (χ3v) is 2.70. The van der Waals surface area contributed by atoms with E-state index in [0.717, 1.165) is 4.90 Å². The van der Waals surface area contributed by atoms with Crippen LogP contribution in [0, 0.1) is 0 Å². The molecular weight excluding hydrogens is 286 g/mol. The van der Waals surface area contributed by atoms with Crippen LogP contribution in [0.1, 0.15) is 17.3 Å². The first kappa shape index (κ1) is 15.8. The Hall–Kier alpha value is -2.28. The summed E-state index contributed by atoms with van der Waals surface area (Å²) in [4.78, 5) is 35.0. The van der Waals surface area contributed by atoms with Crippen molar-refractivity contribution in [1.82, 2.24) is 4.90 Å². The van der Waals surface area contributed by atoms with Gasteiger partial charge in [-0.15, -0.1) is 0 Å². The number of aromatic carboxylic acids is 1. The lowest BCUT2D eigenvalue weighted by molar-refractivity contribution is -0.118. The van der Waals surface area contributed by atoms with E-state index in [1.54, 1.807) is 6.92 Å². The molecule has 0 aliphatic rings. The van der Waals surface area contributed by atoms with Crippen molar-refractivity contribution < 1.29 is 19.5 Å². The lowest BCUT2D eigenvalue weighted by atomic mass is 10.2. The van der Waals surface area contributed by atoms with Gasteiger partial charge < -0.3 is 21.1 Å². The number of benzene rings is 1. The fraction of sp³-hybridized carbons (Fsp3) is 0.250. The van der Waals surface area contributed by atoms with Crippen LogP contribution in [-0.2, 0) is 4.79 Å². The van der Waals surface area contributed by atoms with Gasteiger partial charge in [0.1, 0.15) is 6.54 Å². The van der Waals surface area contributed by atoms with E-state index in [0.29, 0.717) is 0 Å².